The van der Waals surface area contributed by atoms with Gasteiger partial charge >= 0.3 is 0 Å². The highest BCUT2D eigenvalue weighted by molar-refractivity contribution is 7.99. The van der Waals surface area contributed by atoms with Crippen LogP contribution in [0.25, 0.3) is 11.0 Å². The van der Waals surface area contributed by atoms with Crippen molar-refractivity contribution in [3.05, 3.63) is 58.1 Å². The number of rotatable bonds is 5. The zero-order valence-corrected chi connectivity index (χ0v) is 16.1. The van der Waals surface area contributed by atoms with Gasteiger partial charge in [0.25, 0.3) is 0 Å². The molecular formula is C18H17Cl2N3OS. The van der Waals surface area contributed by atoms with Crippen LogP contribution in [0.2, 0.25) is 10.0 Å². The van der Waals surface area contributed by atoms with Gasteiger partial charge in [0.15, 0.2) is 5.16 Å². The predicted molar refractivity (Wildman–Crippen MR) is 104 cm³/mol. The number of halogens is 2. The first-order chi connectivity index (χ1) is 12.0. The second-order valence-electron chi connectivity index (χ2n) is 5.69. The SMILES string of the molecule is CC(NC(=O)CSc1nc2ccccc2n1C)c1ccc(Cl)cc1Cl. The van der Waals surface area contributed by atoms with E-state index >= 15 is 0 Å². The zero-order valence-electron chi connectivity index (χ0n) is 13.8. The van der Waals surface area contributed by atoms with Crippen LogP contribution >= 0.6 is 35.0 Å². The largest absolute Gasteiger partial charge is 0.349 e. The third-order valence-corrected chi connectivity index (χ3v) is 5.48. The van der Waals surface area contributed by atoms with Gasteiger partial charge in [-0.15, -0.1) is 0 Å². The fourth-order valence-corrected chi connectivity index (χ4v) is 3.97. The second kappa shape index (κ2) is 7.68. The average Bonchev–Trinajstić information content (AvgIpc) is 2.89. The first kappa shape index (κ1) is 18.1. The van der Waals surface area contributed by atoms with E-state index in [1.807, 2.05) is 48.9 Å². The van der Waals surface area contributed by atoms with Gasteiger partial charge in [-0.3, -0.25) is 4.79 Å². The standard InChI is InChI=1S/C18H17Cl2N3OS/c1-11(13-8-7-12(19)9-14(13)20)21-17(24)10-25-18-22-15-5-3-4-6-16(15)23(18)2/h3-9,11H,10H2,1-2H3,(H,21,24). The van der Waals surface area contributed by atoms with E-state index < -0.39 is 0 Å². The highest BCUT2D eigenvalue weighted by atomic mass is 35.5. The molecule has 0 bridgehead atoms. The number of aromatic nitrogens is 2. The minimum atomic E-state index is -0.196. The van der Waals surface area contributed by atoms with Crippen molar-refractivity contribution >= 4 is 51.9 Å². The highest BCUT2D eigenvalue weighted by Crippen LogP contribution is 2.27. The number of para-hydroxylation sites is 2. The molecule has 0 saturated heterocycles. The fraction of sp³-hybridized carbons (Fsp3) is 0.222. The summed E-state index contributed by atoms with van der Waals surface area (Å²) in [6.45, 7) is 1.90. The Balaban J connectivity index is 1.63. The van der Waals surface area contributed by atoms with Crippen molar-refractivity contribution in [2.45, 2.75) is 18.1 Å². The van der Waals surface area contributed by atoms with Crippen LogP contribution in [-0.4, -0.2) is 21.2 Å². The lowest BCUT2D eigenvalue weighted by atomic mass is 10.1. The molecule has 1 amide bonds. The number of nitrogens with zero attached hydrogens (tertiary/aromatic N) is 2. The van der Waals surface area contributed by atoms with Crippen LogP contribution in [0.5, 0.6) is 0 Å². The smallest absolute Gasteiger partial charge is 0.230 e. The van der Waals surface area contributed by atoms with E-state index in [0.717, 1.165) is 21.8 Å². The van der Waals surface area contributed by atoms with Crippen LogP contribution in [0.3, 0.4) is 0 Å². The molecule has 1 heterocycles. The molecule has 1 aromatic heterocycles. The van der Waals surface area contributed by atoms with E-state index in [1.54, 1.807) is 12.1 Å². The summed E-state index contributed by atoms with van der Waals surface area (Å²) in [6, 6.07) is 13.0. The van der Waals surface area contributed by atoms with Gasteiger partial charge in [0.1, 0.15) is 0 Å². The quantitative estimate of drug-likeness (QED) is 0.630. The Morgan fingerprint density at radius 3 is 2.76 bits per heavy atom. The fourth-order valence-electron chi connectivity index (χ4n) is 2.60. The van der Waals surface area contributed by atoms with Crippen LogP contribution in [-0.2, 0) is 11.8 Å². The zero-order chi connectivity index (χ0) is 18.0. The predicted octanol–water partition coefficient (Wildman–Crippen LogP) is 4.85. The number of carbonyl (C=O) groups excluding carboxylic acids is 1. The third-order valence-electron chi connectivity index (χ3n) is 3.88. The second-order valence-corrected chi connectivity index (χ2v) is 7.47. The summed E-state index contributed by atoms with van der Waals surface area (Å²) in [6.07, 6.45) is 0. The molecule has 4 nitrogen and oxygen atoms in total. The maximum absolute atomic E-state index is 12.3. The van der Waals surface area contributed by atoms with Crippen LogP contribution in [0.4, 0.5) is 0 Å². The first-order valence-corrected chi connectivity index (χ1v) is 9.48. The van der Waals surface area contributed by atoms with Gasteiger partial charge in [-0.05, 0) is 36.8 Å². The van der Waals surface area contributed by atoms with E-state index in [-0.39, 0.29) is 17.7 Å². The molecule has 1 unspecified atom stereocenters. The monoisotopic (exact) mass is 393 g/mol. The molecule has 130 valence electrons. The number of aryl methyl sites for hydroxylation is 1. The lowest BCUT2D eigenvalue weighted by Crippen LogP contribution is -2.28. The Morgan fingerprint density at radius 1 is 1.28 bits per heavy atom. The third kappa shape index (κ3) is 4.11. The van der Waals surface area contributed by atoms with Crippen LogP contribution in [0, 0.1) is 0 Å². The minimum absolute atomic E-state index is 0.0735. The number of fused-ring (bicyclic) bond motifs is 1. The van der Waals surface area contributed by atoms with Gasteiger partial charge in [-0.1, -0.05) is 53.2 Å². The van der Waals surface area contributed by atoms with E-state index in [2.05, 4.69) is 10.3 Å². The Labute approximate surface area is 160 Å². The normalized spacial score (nSPS) is 12.3. The number of nitrogens with one attached hydrogen (secondary N) is 1. The Hall–Kier alpha value is -1.69. The number of carbonyl (C=O) groups is 1. The Morgan fingerprint density at radius 2 is 2.04 bits per heavy atom. The van der Waals surface area contributed by atoms with Gasteiger partial charge in [-0.25, -0.2) is 4.98 Å². The molecule has 7 heteroatoms. The molecule has 0 fully saturated rings. The summed E-state index contributed by atoms with van der Waals surface area (Å²) < 4.78 is 1.99. The number of hydrogen-bond acceptors (Lipinski definition) is 3. The molecule has 3 rings (SSSR count). The molecule has 2 aromatic carbocycles. The molecule has 3 aromatic rings. The molecule has 0 saturated carbocycles. The summed E-state index contributed by atoms with van der Waals surface area (Å²) in [7, 11) is 1.95. The number of amides is 1. The van der Waals surface area contributed by atoms with Gasteiger partial charge in [0.2, 0.25) is 5.91 Å². The van der Waals surface area contributed by atoms with Crippen LogP contribution < -0.4 is 5.32 Å². The van der Waals surface area contributed by atoms with Crippen molar-refractivity contribution in [2.24, 2.45) is 7.05 Å². The summed E-state index contributed by atoms with van der Waals surface area (Å²) in [4.78, 5) is 16.8. The van der Waals surface area contributed by atoms with Crippen molar-refractivity contribution < 1.29 is 4.79 Å². The summed E-state index contributed by atoms with van der Waals surface area (Å²) in [5.74, 6) is 0.211. The van der Waals surface area contributed by atoms with Gasteiger partial charge in [0.05, 0.1) is 22.8 Å². The van der Waals surface area contributed by atoms with Crippen LogP contribution in [0.15, 0.2) is 47.6 Å². The summed E-state index contributed by atoms with van der Waals surface area (Å²) in [5, 5.41) is 4.89. The molecule has 1 N–H and O–H groups in total. The molecule has 0 aliphatic rings. The minimum Gasteiger partial charge on any atom is -0.349 e. The lowest BCUT2D eigenvalue weighted by Gasteiger charge is -2.15. The van der Waals surface area contributed by atoms with Crippen molar-refractivity contribution in [3.63, 3.8) is 0 Å². The van der Waals surface area contributed by atoms with E-state index in [0.29, 0.717) is 10.0 Å². The number of thioether (sulfide) groups is 1. The van der Waals surface area contributed by atoms with Crippen LogP contribution in [0.1, 0.15) is 18.5 Å². The number of imidazole rings is 1. The maximum atomic E-state index is 12.3. The van der Waals surface area contributed by atoms with Gasteiger partial charge in [0, 0.05) is 17.1 Å². The van der Waals surface area contributed by atoms with Gasteiger partial charge in [-0.2, -0.15) is 0 Å². The Kier molecular flexibility index (Phi) is 5.57. The highest BCUT2D eigenvalue weighted by Gasteiger charge is 2.15. The van der Waals surface area contributed by atoms with E-state index in [4.69, 9.17) is 23.2 Å². The molecule has 0 radical (unpaired) electrons. The van der Waals surface area contributed by atoms with Crippen molar-refractivity contribution in [3.8, 4) is 0 Å². The lowest BCUT2D eigenvalue weighted by molar-refractivity contribution is -0.119. The van der Waals surface area contributed by atoms with Crippen molar-refractivity contribution in [1.29, 1.82) is 0 Å². The van der Waals surface area contributed by atoms with E-state index in [9.17, 15) is 4.79 Å². The molecule has 0 spiro atoms. The summed E-state index contributed by atoms with van der Waals surface area (Å²) in [5.41, 5.74) is 2.81. The van der Waals surface area contributed by atoms with Crippen molar-refractivity contribution in [1.82, 2.24) is 14.9 Å². The first-order valence-electron chi connectivity index (χ1n) is 7.74. The molecule has 1 atom stereocenters. The topological polar surface area (TPSA) is 46.9 Å². The summed E-state index contributed by atoms with van der Waals surface area (Å²) >= 11 is 13.5. The number of hydrogen-bond donors (Lipinski definition) is 1. The molecule has 0 aliphatic heterocycles. The maximum Gasteiger partial charge on any atom is 0.230 e. The Bertz CT molecular complexity index is 926. The van der Waals surface area contributed by atoms with Crippen molar-refractivity contribution in [2.75, 3.05) is 5.75 Å². The number of benzene rings is 2. The average molecular weight is 394 g/mol. The molecule has 0 aliphatic carbocycles. The molecule has 25 heavy (non-hydrogen) atoms. The molecular weight excluding hydrogens is 377 g/mol. The van der Waals surface area contributed by atoms with E-state index in [1.165, 1.54) is 11.8 Å². The van der Waals surface area contributed by atoms with Gasteiger partial charge < -0.3 is 9.88 Å².